The van der Waals surface area contributed by atoms with Crippen molar-refractivity contribution in [3.63, 3.8) is 0 Å². The van der Waals surface area contributed by atoms with Crippen molar-refractivity contribution in [3.05, 3.63) is 64.2 Å². The van der Waals surface area contributed by atoms with E-state index in [-0.39, 0.29) is 10.6 Å². The number of nitro benzene ring substituents is 1. The number of carbonyl (C=O) groups is 1. The van der Waals surface area contributed by atoms with Gasteiger partial charge in [-0.25, -0.2) is 0 Å². The second kappa shape index (κ2) is 4.17. The van der Waals surface area contributed by atoms with Gasteiger partial charge in [0.05, 0.1) is 15.7 Å². The predicted molar refractivity (Wildman–Crippen MR) is 73.5 cm³/mol. The molecule has 0 aliphatic rings. The summed E-state index contributed by atoms with van der Waals surface area (Å²) in [5.74, 6) is 0. The molecule has 0 radical (unpaired) electrons. The molecule has 0 spiro atoms. The summed E-state index contributed by atoms with van der Waals surface area (Å²) >= 11 is 0. The topological polar surface area (TPSA) is 60.2 Å². The Hall–Kier alpha value is -2.75. The fraction of sp³-hybridized carbons (Fsp3) is 0. The van der Waals surface area contributed by atoms with E-state index in [0.29, 0.717) is 27.1 Å². The number of benzene rings is 3. The van der Waals surface area contributed by atoms with Gasteiger partial charge in [-0.3, -0.25) is 14.9 Å². The highest BCUT2D eigenvalue weighted by Gasteiger charge is 2.20. The van der Waals surface area contributed by atoms with Crippen LogP contribution in [0.5, 0.6) is 0 Å². The van der Waals surface area contributed by atoms with Crippen molar-refractivity contribution in [2.45, 2.75) is 0 Å². The Labute approximate surface area is 108 Å². The lowest BCUT2D eigenvalue weighted by Crippen LogP contribution is -1.95. The molecule has 3 aromatic rings. The molecule has 0 aliphatic carbocycles. The Bertz CT molecular complexity index is 767. The van der Waals surface area contributed by atoms with E-state index in [9.17, 15) is 14.9 Å². The molecule has 4 heteroatoms. The average molecular weight is 251 g/mol. The van der Waals surface area contributed by atoms with Crippen molar-refractivity contribution in [3.8, 4) is 0 Å². The highest BCUT2D eigenvalue weighted by molar-refractivity contribution is 6.17. The molecule has 0 heterocycles. The number of aldehydes is 1. The third-order valence-corrected chi connectivity index (χ3v) is 3.25. The van der Waals surface area contributed by atoms with Crippen molar-refractivity contribution < 1.29 is 9.72 Å². The number of nitro groups is 1. The molecule has 0 saturated carbocycles. The zero-order valence-corrected chi connectivity index (χ0v) is 9.87. The Morgan fingerprint density at radius 1 is 0.842 bits per heavy atom. The maximum atomic E-state index is 11.3. The van der Waals surface area contributed by atoms with Crippen LogP contribution in [0.15, 0.2) is 48.5 Å². The summed E-state index contributed by atoms with van der Waals surface area (Å²) in [6.07, 6.45) is 0.758. The summed E-state index contributed by atoms with van der Waals surface area (Å²) in [5.41, 5.74) is 0.550. The van der Waals surface area contributed by atoms with Crippen LogP contribution >= 0.6 is 0 Å². The molecule has 0 saturated heterocycles. The fourth-order valence-corrected chi connectivity index (χ4v) is 2.46. The smallest absolute Gasteiger partial charge is 0.284 e. The van der Waals surface area contributed by atoms with E-state index in [4.69, 9.17) is 0 Å². The van der Waals surface area contributed by atoms with Gasteiger partial charge in [0.1, 0.15) is 0 Å². The number of fused-ring (bicyclic) bond motifs is 2. The first-order chi connectivity index (χ1) is 9.24. The number of rotatable bonds is 2. The van der Waals surface area contributed by atoms with Crippen LogP contribution in [0.25, 0.3) is 21.5 Å². The summed E-state index contributed by atoms with van der Waals surface area (Å²) < 4.78 is 0. The van der Waals surface area contributed by atoms with Gasteiger partial charge in [0, 0.05) is 5.56 Å². The molecule has 0 amide bonds. The van der Waals surface area contributed by atoms with E-state index in [1.807, 2.05) is 0 Å². The van der Waals surface area contributed by atoms with Gasteiger partial charge in [-0.15, -0.1) is 0 Å². The summed E-state index contributed by atoms with van der Waals surface area (Å²) in [6, 6.07) is 13.8. The SMILES string of the molecule is O=Cc1c2ccccc2c([N+](=O)[O-])c2ccccc12. The van der Waals surface area contributed by atoms with E-state index in [0.717, 1.165) is 6.29 Å². The Balaban J connectivity index is 2.69. The number of non-ortho nitro benzene ring substituents is 1. The van der Waals surface area contributed by atoms with Crippen LogP contribution in [0.2, 0.25) is 0 Å². The molecule has 3 aromatic carbocycles. The van der Waals surface area contributed by atoms with Gasteiger partial charge < -0.3 is 0 Å². The molecule has 0 bridgehead atoms. The second-order valence-electron chi connectivity index (χ2n) is 4.23. The minimum atomic E-state index is -0.390. The zero-order chi connectivity index (χ0) is 13.4. The quantitative estimate of drug-likeness (QED) is 0.302. The van der Waals surface area contributed by atoms with Crippen molar-refractivity contribution in [1.82, 2.24) is 0 Å². The second-order valence-corrected chi connectivity index (χ2v) is 4.23. The molecule has 0 N–H and O–H groups in total. The lowest BCUT2D eigenvalue weighted by molar-refractivity contribution is -0.381. The number of nitrogens with zero attached hydrogens (tertiary/aromatic N) is 1. The van der Waals surface area contributed by atoms with E-state index in [1.165, 1.54) is 0 Å². The minimum Gasteiger partial charge on any atom is -0.298 e. The molecule has 0 aromatic heterocycles. The van der Waals surface area contributed by atoms with Crippen molar-refractivity contribution >= 4 is 33.5 Å². The van der Waals surface area contributed by atoms with Crippen molar-refractivity contribution in [2.75, 3.05) is 0 Å². The summed E-state index contributed by atoms with van der Waals surface area (Å²) in [6.45, 7) is 0. The lowest BCUT2D eigenvalue weighted by atomic mass is 9.95. The van der Waals surface area contributed by atoms with E-state index in [1.54, 1.807) is 48.5 Å². The fourth-order valence-electron chi connectivity index (χ4n) is 2.46. The number of hydrogen-bond acceptors (Lipinski definition) is 3. The molecule has 4 nitrogen and oxygen atoms in total. The van der Waals surface area contributed by atoms with E-state index < -0.39 is 0 Å². The summed E-state index contributed by atoms with van der Waals surface area (Å²) in [4.78, 5) is 22.3. The van der Waals surface area contributed by atoms with E-state index >= 15 is 0 Å². The van der Waals surface area contributed by atoms with Gasteiger partial charge in [0.15, 0.2) is 6.29 Å². The molecule has 0 atom stereocenters. The molecule has 0 fully saturated rings. The number of carbonyl (C=O) groups excluding carboxylic acids is 1. The molecule has 19 heavy (non-hydrogen) atoms. The normalized spacial score (nSPS) is 10.7. The van der Waals surface area contributed by atoms with Crippen LogP contribution in [0.3, 0.4) is 0 Å². The van der Waals surface area contributed by atoms with Gasteiger partial charge >= 0.3 is 0 Å². The molecular formula is C15H9NO3. The largest absolute Gasteiger partial charge is 0.298 e. The molecule has 3 rings (SSSR count). The van der Waals surface area contributed by atoms with Crippen LogP contribution < -0.4 is 0 Å². The van der Waals surface area contributed by atoms with E-state index in [2.05, 4.69) is 0 Å². The molecular weight excluding hydrogens is 242 g/mol. The standard InChI is InChI=1S/C15H9NO3/c17-9-14-10-5-1-3-7-12(10)15(16(18)19)13-8-4-2-6-11(13)14/h1-9H. The Kier molecular flexibility index (Phi) is 2.49. The zero-order valence-electron chi connectivity index (χ0n) is 9.87. The van der Waals surface area contributed by atoms with Gasteiger partial charge in [-0.1, -0.05) is 36.4 Å². The molecule has 0 unspecified atom stereocenters. The van der Waals surface area contributed by atoms with Crippen LogP contribution in [-0.2, 0) is 0 Å². The summed E-state index contributed by atoms with van der Waals surface area (Å²) in [7, 11) is 0. The van der Waals surface area contributed by atoms with Crippen LogP contribution in [0.4, 0.5) is 5.69 Å². The third kappa shape index (κ3) is 1.57. The summed E-state index contributed by atoms with van der Waals surface area (Å²) in [5, 5.41) is 13.6. The lowest BCUT2D eigenvalue weighted by Gasteiger charge is -2.07. The molecule has 0 aliphatic heterocycles. The van der Waals surface area contributed by atoms with Gasteiger partial charge in [0.25, 0.3) is 5.69 Å². The molecule has 92 valence electrons. The van der Waals surface area contributed by atoms with Crippen molar-refractivity contribution in [1.29, 1.82) is 0 Å². The Morgan fingerprint density at radius 2 is 1.26 bits per heavy atom. The van der Waals surface area contributed by atoms with Crippen molar-refractivity contribution in [2.24, 2.45) is 0 Å². The van der Waals surface area contributed by atoms with Crippen LogP contribution in [0, 0.1) is 10.1 Å². The average Bonchev–Trinajstić information content (AvgIpc) is 2.44. The van der Waals surface area contributed by atoms with Crippen LogP contribution in [0.1, 0.15) is 10.4 Å². The minimum absolute atomic E-state index is 0.0526. The first-order valence-electron chi connectivity index (χ1n) is 5.77. The highest BCUT2D eigenvalue weighted by Crippen LogP contribution is 2.36. The first-order valence-corrected chi connectivity index (χ1v) is 5.77. The maximum Gasteiger partial charge on any atom is 0.284 e. The van der Waals surface area contributed by atoms with Crippen LogP contribution in [-0.4, -0.2) is 11.2 Å². The van der Waals surface area contributed by atoms with Gasteiger partial charge in [-0.2, -0.15) is 0 Å². The predicted octanol–water partition coefficient (Wildman–Crippen LogP) is 3.71. The highest BCUT2D eigenvalue weighted by atomic mass is 16.6. The Morgan fingerprint density at radius 3 is 1.63 bits per heavy atom. The van der Waals surface area contributed by atoms with Gasteiger partial charge in [-0.05, 0) is 22.9 Å². The monoisotopic (exact) mass is 251 g/mol. The maximum absolute atomic E-state index is 11.3. The third-order valence-electron chi connectivity index (χ3n) is 3.25. The number of hydrogen-bond donors (Lipinski definition) is 0. The van der Waals surface area contributed by atoms with Gasteiger partial charge in [0.2, 0.25) is 0 Å². The first kappa shape index (κ1) is 11.3.